The SMILES string of the molecule is COc1ccc(C2C(S(=O)(=O)c3ccccc3)=C(N)Oc3c2c(=O)[nH]c2ccccc32)cc1OC. The van der Waals surface area contributed by atoms with Gasteiger partial charge >= 0.3 is 0 Å². The number of aromatic amines is 1. The zero-order chi connectivity index (χ0) is 24.7. The maximum Gasteiger partial charge on any atom is 0.256 e. The van der Waals surface area contributed by atoms with E-state index in [-0.39, 0.29) is 27.0 Å². The fourth-order valence-corrected chi connectivity index (χ4v) is 6.04. The van der Waals surface area contributed by atoms with Gasteiger partial charge in [0.1, 0.15) is 10.7 Å². The highest BCUT2D eigenvalue weighted by atomic mass is 32.2. The molecular weight excluding hydrogens is 468 g/mol. The first-order valence-corrected chi connectivity index (χ1v) is 12.2. The summed E-state index contributed by atoms with van der Waals surface area (Å²) in [4.78, 5) is 16.1. The van der Waals surface area contributed by atoms with Crippen LogP contribution in [0.25, 0.3) is 10.9 Å². The Balaban J connectivity index is 1.86. The number of benzene rings is 3. The Morgan fingerprint density at radius 2 is 1.60 bits per heavy atom. The molecule has 1 aromatic heterocycles. The van der Waals surface area contributed by atoms with Crippen molar-refractivity contribution in [3.63, 3.8) is 0 Å². The van der Waals surface area contributed by atoms with Crippen molar-refractivity contribution in [1.82, 2.24) is 4.98 Å². The molecule has 1 aliphatic rings. The fourth-order valence-electron chi connectivity index (χ4n) is 4.40. The lowest BCUT2D eigenvalue weighted by Gasteiger charge is -2.29. The summed E-state index contributed by atoms with van der Waals surface area (Å²) in [6.07, 6.45) is 0. The molecule has 2 heterocycles. The molecule has 35 heavy (non-hydrogen) atoms. The molecule has 1 atom stereocenters. The zero-order valence-corrected chi connectivity index (χ0v) is 19.8. The number of rotatable bonds is 5. The minimum absolute atomic E-state index is 0.0349. The Labute approximate surface area is 201 Å². The van der Waals surface area contributed by atoms with Gasteiger partial charge in [0, 0.05) is 5.39 Å². The van der Waals surface area contributed by atoms with E-state index < -0.39 is 21.3 Å². The van der Waals surface area contributed by atoms with E-state index in [0.29, 0.717) is 28.0 Å². The summed E-state index contributed by atoms with van der Waals surface area (Å²) in [6.45, 7) is 0. The molecule has 0 saturated heterocycles. The summed E-state index contributed by atoms with van der Waals surface area (Å²) in [5, 5.41) is 0.603. The van der Waals surface area contributed by atoms with Crippen LogP contribution in [0.1, 0.15) is 17.0 Å². The molecule has 1 unspecified atom stereocenters. The Hall–Kier alpha value is -4.24. The van der Waals surface area contributed by atoms with Gasteiger partial charge in [-0.25, -0.2) is 8.42 Å². The van der Waals surface area contributed by atoms with Crippen molar-refractivity contribution in [3.8, 4) is 17.2 Å². The first-order valence-electron chi connectivity index (χ1n) is 10.7. The fraction of sp³-hybridized carbons (Fsp3) is 0.115. The highest BCUT2D eigenvalue weighted by Crippen LogP contribution is 2.47. The van der Waals surface area contributed by atoms with Crippen molar-refractivity contribution >= 4 is 20.7 Å². The van der Waals surface area contributed by atoms with E-state index in [1.54, 1.807) is 60.7 Å². The molecule has 0 fully saturated rings. The molecule has 4 aromatic rings. The first kappa shape index (κ1) is 22.5. The quantitative estimate of drug-likeness (QED) is 0.438. The number of hydrogen-bond donors (Lipinski definition) is 2. The predicted octanol–water partition coefficient (Wildman–Crippen LogP) is 3.67. The van der Waals surface area contributed by atoms with Crippen LogP contribution >= 0.6 is 0 Å². The summed E-state index contributed by atoms with van der Waals surface area (Å²) in [7, 11) is -1.17. The predicted molar refractivity (Wildman–Crippen MR) is 131 cm³/mol. The molecule has 0 saturated carbocycles. The third-order valence-corrected chi connectivity index (χ3v) is 7.91. The van der Waals surface area contributed by atoms with Crippen molar-refractivity contribution in [2.45, 2.75) is 10.8 Å². The number of methoxy groups -OCH3 is 2. The van der Waals surface area contributed by atoms with Crippen LogP contribution in [0.3, 0.4) is 0 Å². The van der Waals surface area contributed by atoms with Crippen molar-refractivity contribution in [3.05, 3.63) is 105 Å². The Morgan fingerprint density at radius 1 is 0.914 bits per heavy atom. The van der Waals surface area contributed by atoms with Gasteiger partial charge in [-0.2, -0.15) is 0 Å². The van der Waals surface area contributed by atoms with Crippen LogP contribution in [0, 0.1) is 0 Å². The van der Waals surface area contributed by atoms with E-state index >= 15 is 0 Å². The third kappa shape index (κ3) is 3.60. The maximum absolute atomic E-state index is 13.9. The number of ether oxygens (including phenoxy) is 3. The molecule has 0 radical (unpaired) electrons. The number of fused-ring (bicyclic) bond motifs is 3. The molecule has 3 aromatic carbocycles. The van der Waals surface area contributed by atoms with Crippen LogP contribution in [0.4, 0.5) is 0 Å². The van der Waals surface area contributed by atoms with Crippen molar-refractivity contribution in [2.24, 2.45) is 5.73 Å². The highest BCUT2D eigenvalue weighted by molar-refractivity contribution is 7.95. The summed E-state index contributed by atoms with van der Waals surface area (Å²) in [6, 6.07) is 20.0. The molecular formula is C26H22N2O6S. The van der Waals surface area contributed by atoms with Gasteiger partial charge in [0.2, 0.25) is 15.7 Å². The van der Waals surface area contributed by atoms with E-state index in [9.17, 15) is 13.2 Å². The number of para-hydroxylation sites is 1. The van der Waals surface area contributed by atoms with Gasteiger partial charge in [0.05, 0.1) is 36.1 Å². The van der Waals surface area contributed by atoms with E-state index in [2.05, 4.69) is 4.98 Å². The van der Waals surface area contributed by atoms with Gasteiger partial charge in [-0.1, -0.05) is 36.4 Å². The second kappa shape index (κ2) is 8.52. The number of pyridine rings is 1. The van der Waals surface area contributed by atoms with E-state index in [0.717, 1.165) is 0 Å². The lowest BCUT2D eigenvalue weighted by atomic mass is 9.88. The maximum atomic E-state index is 13.9. The smallest absolute Gasteiger partial charge is 0.256 e. The van der Waals surface area contributed by atoms with Crippen LogP contribution in [-0.4, -0.2) is 27.6 Å². The molecule has 178 valence electrons. The van der Waals surface area contributed by atoms with Gasteiger partial charge in [0.25, 0.3) is 5.56 Å². The summed E-state index contributed by atoms with van der Waals surface area (Å²) in [5.74, 6) is -0.298. The molecule has 0 amide bonds. The Kier molecular flexibility index (Phi) is 5.49. The van der Waals surface area contributed by atoms with Crippen molar-refractivity contribution < 1.29 is 22.6 Å². The van der Waals surface area contributed by atoms with Gasteiger partial charge in [-0.05, 0) is 42.0 Å². The summed E-state index contributed by atoms with van der Waals surface area (Å²) in [5.41, 5.74) is 7.00. The van der Waals surface area contributed by atoms with Gasteiger partial charge in [-0.3, -0.25) is 4.79 Å². The van der Waals surface area contributed by atoms with Crippen LogP contribution < -0.4 is 25.5 Å². The number of nitrogens with two attached hydrogens (primary N) is 1. The second-order valence-corrected chi connectivity index (χ2v) is 9.86. The van der Waals surface area contributed by atoms with Crippen LogP contribution in [0.5, 0.6) is 17.2 Å². The number of sulfone groups is 1. The third-order valence-electron chi connectivity index (χ3n) is 6.00. The summed E-state index contributed by atoms with van der Waals surface area (Å²) < 4.78 is 44.4. The average molecular weight is 491 g/mol. The van der Waals surface area contributed by atoms with Crippen molar-refractivity contribution in [1.29, 1.82) is 0 Å². The number of aromatic nitrogens is 1. The zero-order valence-electron chi connectivity index (χ0n) is 18.9. The standard InChI is InChI=1S/C26H22N2O6S/c1-32-19-13-12-15(14-20(19)33-2)21-22-23(17-10-6-7-11-18(17)28-26(22)29)34-25(27)24(21)35(30,31)16-8-4-3-5-9-16/h3-14,21H,27H2,1-2H3,(H,28,29). The van der Waals surface area contributed by atoms with Gasteiger partial charge < -0.3 is 24.9 Å². The number of H-pyrrole nitrogens is 1. The topological polar surface area (TPSA) is 121 Å². The van der Waals surface area contributed by atoms with Gasteiger partial charge in [0.15, 0.2) is 11.5 Å². The van der Waals surface area contributed by atoms with Crippen LogP contribution in [0.2, 0.25) is 0 Å². The molecule has 8 nitrogen and oxygen atoms in total. The Morgan fingerprint density at radius 3 is 2.31 bits per heavy atom. The number of allylic oxidation sites excluding steroid dienone is 1. The number of hydrogen-bond acceptors (Lipinski definition) is 7. The molecule has 5 rings (SSSR count). The Bertz CT molecular complexity index is 1640. The van der Waals surface area contributed by atoms with E-state index in [1.165, 1.54) is 26.4 Å². The number of nitrogens with one attached hydrogen (secondary N) is 1. The largest absolute Gasteiger partial charge is 0.493 e. The average Bonchev–Trinajstić information content (AvgIpc) is 2.88. The monoisotopic (exact) mass is 490 g/mol. The van der Waals surface area contributed by atoms with E-state index in [1.807, 2.05) is 0 Å². The molecule has 0 bridgehead atoms. The molecule has 0 aliphatic carbocycles. The van der Waals surface area contributed by atoms with E-state index in [4.69, 9.17) is 19.9 Å². The minimum Gasteiger partial charge on any atom is -0.493 e. The molecule has 9 heteroatoms. The van der Waals surface area contributed by atoms with Crippen LogP contribution in [0.15, 0.2) is 93.3 Å². The highest BCUT2D eigenvalue weighted by Gasteiger charge is 2.41. The van der Waals surface area contributed by atoms with Crippen LogP contribution in [-0.2, 0) is 9.84 Å². The molecule has 1 aliphatic heterocycles. The second-order valence-electron chi connectivity index (χ2n) is 7.94. The van der Waals surface area contributed by atoms with Crippen molar-refractivity contribution in [2.75, 3.05) is 14.2 Å². The summed E-state index contributed by atoms with van der Waals surface area (Å²) >= 11 is 0. The first-order chi connectivity index (χ1) is 16.9. The molecule has 3 N–H and O–H groups in total. The lowest BCUT2D eigenvalue weighted by molar-refractivity contribution is 0.354. The molecule has 0 spiro atoms. The van der Waals surface area contributed by atoms with Gasteiger partial charge in [-0.15, -0.1) is 0 Å². The normalized spacial score (nSPS) is 15.4. The lowest BCUT2D eigenvalue weighted by Crippen LogP contribution is -2.31. The minimum atomic E-state index is -4.15.